The number of benzene rings is 1. The summed E-state index contributed by atoms with van der Waals surface area (Å²) in [7, 11) is 0. The Balaban J connectivity index is 1.90. The van der Waals surface area contributed by atoms with Crippen molar-refractivity contribution >= 4 is 16.6 Å². The Labute approximate surface area is 179 Å². The van der Waals surface area contributed by atoms with Crippen molar-refractivity contribution in [1.82, 2.24) is 23.9 Å². The average Bonchev–Trinajstić information content (AvgIpc) is 3.35. The lowest BCUT2D eigenvalue weighted by Crippen LogP contribution is -2.13. The minimum absolute atomic E-state index is 0.215. The molecular weight excluding hydrogens is 391 g/mol. The molecule has 4 aromatic heterocycles. The predicted molar refractivity (Wildman–Crippen MR) is 120 cm³/mol. The lowest BCUT2D eigenvalue weighted by Gasteiger charge is -2.16. The van der Waals surface area contributed by atoms with Crippen LogP contribution < -0.4 is 5.73 Å². The molecule has 0 spiro atoms. The summed E-state index contributed by atoms with van der Waals surface area (Å²) in [5.41, 5.74) is 11.3. The van der Waals surface area contributed by atoms with E-state index in [2.05, 4.69) is 35.5 Å². The van der Waals surface area contributed by atoms with Crippen molar-refractivity contribution in [2.75, 3.05) is 0 Å². The van der Waals surface area contributed by atoms with Crippen molar-refractivity contribution in [2.24, 2.45) is 5.73 Å². The standard InChI is InChI=1S/C24H23FN6/c1-14(2)22-12-28-23-24(29-19(13-30(22)23)17-8-18(25)11-27-10-17)31-20-7-5-4-6-16(20)9-21(31)15(3)26/h4-15H,26H2,1-3H3. The first-order chi connectivity index (χ1) is 14.9. The van der Waals surface area contributed by atoms with E-state index in [0.29, 0.717) is 17.1 Å². The Morgan fingerprint density at radius 3 is 2.55 bits per heavy atom. The number of pyridine rings is 1. The fourth-order valence-electron chi connectivity index (χ4n) is 4.01. The molecular formula is C24H23FN6. The van der Waals surface area contributed by atoms with Gasteiger partial charge in [0.2, 0.25) is 0 Å². The summed E-state index contributed by atoms with van der Waals surface area (Å²) >= 11 is 0. The Morgan fingerprint density at radius 1 is 1.00 bits per heavy atom. The second-order valence-corrected chi connectivity index (χ2v) is 8.13. The molecule has 7 heteroatoms. The zero-order valence-corrected chi connectivity index (χ0v) is 17.6. The molecule has 0 aliphatic rings. The summed E-state index contributed by atoms with van der Waals surface area (Å²) in [5.74, 6) is 0.499. The highest BCUT2D eigenvalue weighted by Crippen LogP contribution is 2.31. The van der Waals surface area contributed by atoms with Crippen LogP contribution >= 0.6 is 0 Å². The molecule has 0 saturated heterocycles. The number of halogens is 1. The van der Waals surface area contributed by atoms with E-state index in [9.17, 15) is 4.39 Å². The molecule has 1 atom stereocenters. The van der Waals surface area contributed by atoms with Gasteiger partial charge in [-0.25, -0.2) is 14.4 Å². The van der Waals surface area contributed by atoms with E-state index >= 15 is 0 Å². The van der Waals surface area contributed by atoms with E-state index in [4.69, 9.17) is 15.7 Å². The number of imidazole rings is 1. The maximum Gasteiger partial charge on any atom is 0.182 e. The SMILES string of the molecule is CC(C)c1cnc2c(-n3c(C(C)N)cc4ccccc43)nc(-c3cncc(F)c3)cn12. The molecule has 1 aromatic carbocycles. The van der Waals surface area contributed by atoms with Gasteiger partial charge in [0.05, 0.1) is 17.4 Å². The number of fused-ring (bicyclic) bond motifs is 2. The molecule has 5 aromatic rings. The number of para-hydroxylation sites is 1. The van der Waals surface area contributed by atoms with Crippen LogP contribution in [0.1, 0.15) is 44.1 Å². The quantitative estimate of drug-likeness (QED) is 0.448. The second kappa shape index (κ2) is 7.28. The first kappa shape index (κ1) is 19.4. The van der Waals surface area contributed by atoms with Gasteiger partial charge in [0, 0.05) is 47.0 Å². The topological polar surface area (TPSA) is 74.0 Å². The highest BCUT2D eigenvalue weighted by Gasteiger charge is 2.21. The summed E-state index contributed by atoms with van der Waals surface area (Å²) < 4.78 is 18.0. The minimum atomic E-state index is -0.404. The van der Waals surface area contributed by atoms with Gasteiger partial charge >= 0.3 is 0 Å². The number of hydrogen-bond acceptors (Lipinski definition) is 4. The zero-order valence-electron chi connectivity index (χ0n) is 17.6. The van der Waals surface area contributed by atoms with Crippen LogP contribution in [0.2, 0.25) is 0 Å². The van der Waals surface area contributed by atoms with Crippen molar-refractivity contribution in [1.29, 1.82) is 0 Å². The molecule has 0 aliphatic heterocycles. The van der Waals surface area contributed by atoms with Crippen LogP contribution in [-0.2, 0) is 0 Å². The van der Waals surface area contributed by atoms with Crippen molar-refractivity contribution in [2.45, 2.75) is 32.7 Å². The third-order valence-electron chi connectivity index (χ3n) is 5.51. The lowest BCUT2D eigenvalue weighted by molar-refractivity contribution is 0.622. The van der Waals surface area contributed by atoms with Crippen molar-refractivity contribution < 1.29 is 4.39 Å². The molecule has 6 nitrogen and oxygen atoms in total. The van der Waals surface area contributed by atoms with Gasteiger partial charge in [0.25, 0.3) is 0 Å². The second-order valence-electron chi connectivity index (χ2n) is 8.13. The summed E-state index contributed by atoms with van der Waals surface area (Å²) in [6.45, 7) is 6.18. The van der Waals surface area contributed by atoms with E-state index < -0.39 is 5.82 Å². The monoisotopic (exact) mass is 414 g/mol. The average molecular weight is 414 g/mol. The molecule has 1 unspecified atom stereocenters. The first-order valence-corrected chi connectivity index (χ1v) is 10.3. The van der Waals surface area contributed by atoms with E-state index in [1.165, 1.54) is 12.3 Å². The lowest BCUT2D eigenvalue weighted by atomic mass is 10.1. The maximum absolute atomic E-state index is 13.9. The molecule has 0 fully saturated rings. The summed E-state index contributed by atoms with van der Waals surface area (Å²) in [6, 6.07) is 11.4. The molecule has 0 aliphatic carbocycles. The molecule has 0 bridgehead atoms. The van der Waals surface area contributed by atoms with E-state index in [-0.39, 0.29) is 12.0 Å². The van der Waals surface area contributed by atoms with Crippen molar-refractivity contribution in [3.63, 3.8) is 0 Å². The Morgan fingerprint density at radius 2 is 1.81 bits per heavy atom. The predicted octanol–water partition coefficient (Wildman–Crippen LogP) is 5.02. The zero-order chi connectivity index (χ0) is 21.7. The Kier molecular flexibility index (Phi) is 4.55. The third-order valence-corrected chi connectivity index (χ3v) is 5.51. The van der Waals surface area contributed by atoms with E-state index in [1.807, 2.05) is 41.9 Å². The normalized spacial score (nSPS) is 12.8. The number of hydrogen-bond donors (Lipinski definition) is 1. The molecule has 156 valence electrons. The Bertz CT molecular complexity index is 1410. The summed E-state index contributed by atoms with van der Waals surface area (Å²) in [4.78, 5) is 13.6. The van der Waals surface area contributed by atoms with Crippen LogP contribution in [0.4, 0.5) is 4.39 Å². The molecule has 0 amide bonds. The fourth-order valence-corrected chi connectivity index (χ4v) is 4.01. The third kappa shape index (κ3) is 3.18. The molecule has 2 N–H and O–H groups in total. The van der Waals surface area contributed by atoms with Crippen molar-refractivity contribution in [3.8, 4) is 17.1 Å². The highest BCUT2D eigenvalue weighted by atomic mass is 19.1. The number of nitrogens with two attached hydrogens (primary N) is 1. The summed E-state index contributed by atoms with van der Waals surface area (Å²) in [5, 5.41) is 1.07. The molecule has 0 radical (unpaired) electrons. The molecule has 0 saturated carbocycles. The maximum atomic E-state index is 13.9. The minimum Gasteiger partial charge on any atom is -0.323 e. The van der Waals surface area contributed by atoms with Gasteiger partial charge in [-0.2, -0.15) is 0 Å². The van der Waals surface area contributed by atoms with Crippen LogP contribution in [0.5, 0.6) is 0 Å². The smallest absolute Gasteiger partial charge is 0.182 e. The van der Waals surface area contributed by atoms with Crippen molar-refractivity contribution in [3.05, 3.63) is 78.4 Å². The van der Waals surface area contributed by atoms with E-state index in [0.717, 1.165) is 27.9 Å². The fraction of sp³-hybridized carbons (Fsp3) is 0.208. The highest BCUT2D eigenvalue weighted by molar-refractivity contribution is 5.84. The Hall–Kier alpha value is -3.58. The van der Waals surface area contributed by atoms with E-state index in [1.54, 1.807) is 6.20 Å². The van der Waals surface area contributed by atoms with Crippen LogP contribution in [0.25, 0.3) is 33.6 Å². The van der Waals surface area contributed by atoms with Gasteiger partial charge in [-0.15, -0.1) is 0 Å². The number of nitrogens with zero attached hydrogens (tertiary/aromatic N) is 5. The number of rotatable bonds is 4. The van der Waals surface area contributed by atoms with Crippen LogP contribution in [-0.4, -0.2) is 23.9 Å². The van der Waals surface area contributed by atoms with Gasteiger partial charge < -0.3 is 5.73 Å². The van der Waals surface area contributed by atoms with Crippen LogP contribution in [0.15, 0.2) is 61.2 Å². The van der Waals surface area contributed by atoms with Gasteiger partial charge in [-0.1, -0.05) is 32.0 Å². The molecule has 31 heavy (non-hydrogen) atoms. The largest absolute Gasteiger partial charge is 0.323 e. The first-order valence-electron chi connectivity index (χ1n) is 10.3. The van der Waals surface area contributed by atoms with Gasteiger partial charge in [-0.3, -0.25) is 14.0 Å². The van der Waals surface area contributed by atoms with Crippen LogP contribution in [0.3, 0.4) is 0 Å². The van der Waals surface area contributed by atoms with Gasteiger partial charge in [0.1, 0.15) is 5.82 Å². The molecule has 4 heterocycles. The van der Waals surface area contributed by atoms with Gasteiger partial charge in [-0.05, 0) is 31.0 Å². The van der Waals surface area contributed by atoms with Crippen LogP contribution in [0, 0.1) is 5.82 Å². The number of aromatic nitrogens is 5. The molecule has 5 rings (SSSR count). The van der Waals surface area contributed by atoms with Gasteiger partial charge in [0.15, 0.2) is 11.5 Å². The summed E-state index contributed by atoms with van der Waals surface area (Å²) in [6.07, 6.45) is 6.57.